The highest BCUT2D eigenvalue weighted by molar-refractivity contribution is 6.87. The molecule has 104 valence electrons. The standard InChI is InChI=1S/C17H32Si/c1-8-10-11-13-16(12-9-2)14-15-18(6,7)17(3,4)5/h13H,8-12H2,1-7H3/b16-13-. The third-order valence-corrected chi connectivity index (χ3v) is 8.38. The summed E-state index contributed by atoms with van der Waals surface area (Å²) in [5.41, 5.74) is 5.00. The lowest BCUT2D eigenvalue weighted by molar-refractivity contribution is 0.731. The van der Waals surface area contributed by atoms with Crippen LogP contribution < -0.4 is 0 Å². The van der Waals surface area contributed by atoms with E-state index < -0.39 is 8.07 Å². The first-order valence-electron chi connectivity index (χ1n) is 7.46. The van der Waals surface area contributed by atoms with Crippen molar-refractivity contribution in [3.05, 3.63) is 11.6 Å². The molecule has 0 fully saturated rings. The summed E-state index contributed by atoms with van der Waals surface area (Å²) in [6.45, 7) is 16.2. The van der Waals surface area contributed by atoms with Crippen LogP contribution in [0, 0.1) is 11.5 Å². The monoisotopic (exact) mass is 264 g/mol. The van der Waals surface area contributed by atoms with Gasteiger partial charge < -0.3 is 0 Å². The van der Waals surface area contributed by atoms with Crippen LogP contribution in [0.25, 0.3) is 0 Å². The second-order valence-corrected chi connectivity index (χ2v) is 11.7. The molecule has 0 aromatic rings. The Labute approximate surface area is 116 Å². The van der Waals surface area contributed by atoms with Crippen LogP contribution >= 0.6 is 0 Å². The van der Waals surface area contributed by atoms with Crippen molar-refractivity contribution in [1.29, 1.82) is 0 Å². The van der Waals surface area contributed by atoms with Gasteiger partial charge in [-0.1, -0.05) is 79.0 Å². The predicted octanol–water partition coefficient (Wildman–Crippen LogP) is 5.95. The van der Waals surface area contributed by atoms with Gasteiger partial charge in [0.25, 0.3) is 0 Å². The molecule has 0 aliphatic heterocycles. The molecule has 0 radical (unpaired) electrons. The van der Waals surface area contributed by atoms with E-state index in [1.54, 1.807) is 0 Å². The van der Waals surface area contributed by atoms with Crippen molar-refractivity contribution < 1.29 is 0 Å². The van der Waals surface area contributed by atoms with Crippen molar-refractivity contribution in [2.75, 3.05) is 0 Å². The van der Waals surface area contributed by atoms with Crippen molar-refractivity contribution in [2.45, 2.75) is 84.9 Å². The summed E-state index contributed by atoms with van der Waals surface area (Å²) in [7, 11) is -1.45. The van der Waals surface area contributed by atoms with E-state index in [4.69, 9.17) is 0 Å². The number of hydrogen-bond donors (Lipinski definition) is 0. The van der Waals surface area contributed by atoms with Crippen molar-refractivity contribution >= 4 is 8.07 Å². The molecule has 0 aromatic carbocycles. The molecule has 0 atom stereocenters. The van der Waals surface area contributed by atoms with Crippen LogP contribution in [-0.4, -0.2) is 8.07 Å². The first-order valence-corrected chi connectivity index (χ1v) is 10.5. The molecular formula is C17H32Si. The maximum absolute atomic E-state index is 3.63. The highest BCUT2D eigenvalue weighted by Crippen LogP contribution is 2.35. The summed E-state index contributed by atoms with van der Waals surface area (Å²) < 4.78 is 0. The Morgan fingerprint density at radius 2 is 1.72 bits per heavy atom. The van der Waals surface area contributed by atoms with Gasteiger partial charge in [0.15, 0.2) is 0 Å². The molecule has 0 spiro atoms. The average molecular weight is 265 g/mol. The fourth-order valence-electron chi connectivity index (χ4n) is 1.39. The van der Waals surface area contributed by atoms with Crippen molar-refractivity contribution in [3.8, 4) is 11.5 Å². The molecule has 0 heterocycles. The Morgan fingerprint density at radius 1 is 1.11 bits per heavy atom. The van der Waals surface area contributed by atoms with E-state index in [0.29, 0.717) is 5.04 Å². The Morgan fingerprint density at radius 3 is 2.17 bits per heavy atom. The molecule has 0 saturated heterocycles. The minimum absolute atomic E-state index is 0.362. The third kappa shape index (κ3) is 6.45. The summed E-state index contributed by atoms with van der Waals surface area (Å²) in [5, 5.41) is 0.362. The van der Waals surface area contributed by atoms with Crippen molar-refractivity contribution in [1.82, 2.24) is 0 Å². The first-order chi connectivity index (χ1) is 8.24. The fourth-order valence-corrected chi connectivity index (χ4v) is 2.24. The summed E-state index contributed by atoms with van der Waals surface area (Å²) in [6, 6.07) is 0. The van der Waals surface area contributed by atoms with Crippen molar-refractivity contribution in [2.24, 2.45) is 0 Å². The van der Waals surface area contributed by atoms with Crippen LogP contribution in [0.5, 0.6) is 0 Å². The minimum Gasteiger partial charge on any atom is -0.126 e. The second kappa shape index (κ2) is 7.84. The van der Waals surface area contributed by atoms with Gasteiger partial charge in [-0.15, -0.1) is 5.54 Å². The molecule has 1 heteroatoms. The Balaban J connectivity index is 4.84. The lowest BCUT2D eigenvalue weighted by atomic mass is 10.1. The quantitative estimate of drug-likeness (QED) is 0.327. The van der Waals surface area contributed by atoms with E-state index in [1.165, 1.54) is 31.3 Å². The molecule has 0 unspecified atom stereocenters. The predicted molar refractivity (Wildman–Crippen MR) is 87.5 cm³/mol. The van der Waals surface area contributed by atoms with Gasteiger partial charge >= 0.3 is 0 Å². The van der Waals surface area contributed by atoms with Crippen LogP contribution in [0.4, 0.5) is 0 Å². The normalized spacial score (nSPS) is 13.2. The Bertz CT molecular complexity index is 318. The summed E-state index contributed by atoms with van der Waals surface area (Å²) >= 11 is 0. The highest BCUT2D eigenvalue weighted by atomic mass is 28.3. The SMILES string of the molecule is CCCC/C=C(\C#C[Si](C)(C)C(C)(C)C)CCC. The molecule has 0 amide bonds. The van der Waals surface area contributed by atoms with Gasteiger partial charge in [-0.25, -0.2) is 0 Å². The molecule has 0 aromatic heterocycles. The van der Waals surface area contributed by atoms with Gasteiger partial charge in [0.2, 0.25) is 0 Å². The van der Waals surface area contributed by atoms with E-state index in [-0.39, 0.29) is 0 Å². The molecule has 0 nitrogen and oxygen atoms in total. The number of hydrogen-bond acceptors (Lipinski definition) is 0. The van der Waals surface area contributed by atoms with Gasteiger partial charge in [0.1, 0.15) is 8.07 Å². The van der Waals surface area contributed by atoms with E-state index >= 15 is 0 Å². The molecule has 0 bridgehead atoms. The third-order valence-electron chi connectivity index (χ3n) is 3.88. The maximum atomic E-state index is 3.63. The second-order valence-electron chi connectivity index (χ2n) is 6.75. The zero-order chi connectivity index (χ0) is 14.2. The van der Waals surface area contributed by atoms with E-state index in [0.717, 1.165) is 6.42 Å². The Hall–Kier alpha value is -0.483. The van der Waals surface area contributed by atoms with E-state index in [2.05, 4.69) is 65.3 Å². The van der Waals surface area contributed by atoms with E-state index in [1.807, 2.05) is 0 Å². The van der Waals surface area contributed by atoms with Gasteiger partial charge in [-0.3, -0.25) is 0 Å². The van der Waals surface area contributed by atoms with Crippen LogP contribution in [0.2, 0.25) is 18.1 Å². The lowest BCUT2D eigenvalue weighted by Gasteiger charge is -2.31. The van der Waals surface area contributed by atoms with Gasteiger partial charge in [0, 0.05) is 0 Å². The van der Waals surface area contributed by atoms with Crippen LogP contribution in [0.3, 0.4) is 0 Å². The van der Waals surface area contributed by atoms with Crippen molar-refractivity contribution in [3.63, 3.8) is 0 Å². The zero-order valence-electron chi connectivity index (χ0n) is 13.6. The lowest BCUT2D eigenvalue weighted by Crippen LogP contribution is -2.35. The smallest absolute Gasteiger partial charge is 0.126 e. The van der Waals surface area contributed by atoms with E-state index in [9.17, 15) is 0 Å². The molecule has 0 saturated carbocycles. The molecular weight excluding hydrogens is 232 g/mol. The van der Waals surface area contributed by atoms with Gasteiger partial charge in [-0.05, 0) is 23.5 Å². The largest absolute Gasteiger partial charge is 0.138 e. The molecule has 0 aliphatic rings. The molecule has 0 rings (SSSR count). The fraction of sp³-hybridized carbons (Fsp3) is 0.765. The maximum Gasteiger partial charge on any atom is 0.138 e. The highest BCUT2D eigenvalue weighted by Gasteiger charge is 2.33. The van der Waals surface area contributed by atoms with Crippen LogP contribution in [0.1, 0.15) is 66.7 Å². The Kier molecular flexibility index (Phi) is 7.63. The topological polar surface area (TPSA) is 0 Å². The number of allylic oxidation sites excluding steroid dienone is 2. The summed E-state index contributed by atoms with van der Waals surface area (Å²) in [6.07, 6.45) is 8.46. The van der Waals surface area contributed by atoms with Crippen LogP contribution in [0.15, 0.2) is 11.6 Å². The zero-order valence-corrected chi connectivity index (χ0v) is 14.6. The van der Waals surface area contributed by atoms with Gasteiger partial charge in [-0.2, -0.15) is 0 Å². The minimum atomic E-state index is -1.45. The number of rotatable bonds is 5. The summed E-state index contributed by atoms with van der Waals surface area (Å²) in [4.78, 5) is 0. The molecule has 18 heavy (non-hydrogen) atoms. The summed E-state index contributed by atoms with van der Waals surface area (Å²) in [5.74, 6) is 3.50. The number of unbranched alkanes of at least 4 members (excludes halogenated alkanes) is 2. The first kappa shape index (κ1) is 17.5. The average Bonchev–Trinajstić information content (AvgIpc) is 2.24. The van der Waals surface area contributed by atoms with Crippen LogP contribution in [-0.2, 0) is 0 Å². The molecule has 0 aliphatic carbocycles. The molecule has 0 N–H and O–H groups in total. The van der Waals surface area contributed by atoms with Gasteiger partial charge in [0.05, 0.1) is 0 Å².